The molecule has 1 amide bonds. The van der Waals surface area contributed by atoms with E-state index in [1.807, 2.05) is 4.90 Å². The van der Waals surface area contributed by atoms with E-state index >= 15 is 0 Å². The summed E-state index contributed by atoms with van der Waals surface area (Å²) in [6.07, 6.45) is 3.93. The number of hydrogen-bond acceptors (Lipinski definition) is 3. The van der Waals surface area contributed by atoms with Gasteiger partial charge in [0.1, 0.15) is 0 Å². The van der Waals surface area contributed by atoms with E-state index in [9.17, 15) is 9.18 Å². The maximum Gasteiger partial charge on any atom is 0.220 e. The van der Waals surface area contributed by atoms with Crippen molar-refractivity contribution >= 4 is 27.7 Å². The van der Waals surface area contributed by atoms with Gasteiger partial charge < -0.3 is 10.2 Å². The molecule has 102 valence electrons. The van der Waals surface area contributed by atoms with Crippen molar-refractivity contribution in [3.05, 3.63) is 22.6 Å². The van der Waals surface area contributed by atoms with Crippen molar-refractivity contribution in [1.82, 2.24) is 10.3 Å². The zero-order valence-corrected chi connectivity index (χ0v) is 12.0. The zero-order valence-electron chi connectivity index (χ0n) is 10.4. The van der Waals surface area contributed by atoms with Gasteiger partial charge in [0.25, 0.3) is 0 Å². The van der Waals surface area contributed by atoms with E-state index in [1.54, 1.807) is 6.20 Å². The largest absolute Gasteiger partial charge is 0.354 e. The van der Waals surface area contributed by atoms with Gasteiger partial charge in [-0.25, -0.2) is 9.37 Å². The van der Waals surface area contributed by atoms with Crippen LogP contribution in [0.1, 0.15) is 19.3 Å². The highest BCUT2D eigenvalue weighted by Crippen LogP contribution is 2.29. The lowest BCUT2D eigenvalue weighted by Gasteiger charge is -2.41. The van der Waals surface area contributed by atoms with E-state index in [0.29, 0.717) is 22.6 Å². The summed E-state index contributed by atoms with van der Waals surface area (Å²) in [7, 11) is 0. The summed E-state index contributed by atoms with van der Waals surface area (Å²) in [5.41, 5.74) is 0. The van der Waals surface area contributed by atoms with Crippen LogP contribution in [-0.2, 0) is 4.79 Å². The number of anilines is 1. The molecule has 1 N–H and O–H groups in total. The average Bonchev–Trinajstić information content (AvgIpc) is 2.38. The Morgan fingerprint density at radius 3 is 3.11 bits per heavy atom. The molecular weight excluding hydrogens is 313 g/mol. The molecule has 0 aliphatic carbocycles. The van der Waals surface area contributed by atoms with Crippen molar-refractivity contribution in [3.63, 3.8) is 0 Å². The third kappa shape index (κ3) is 2.59. The second-order valence-electron chi connectivity index (χ2n) is 5.17. The van der Waals surface area contributed by atoms with Gasteiger partial charge in [-0.3, -0.25) is 4.79 Å². The topological polar surface area (TPSA) is 45.2 Å². The molecule has 0 bridgehead atoms. The number of fused-ring (bicyclic) bond motifs is 1. The van der Waals surface area contributed by atoms with Gasteiger partial charge in [-0.1, -0.05) is 0 Å². The van der Waals surface area contributed by atoms with Crippen LogP contribution in [-0.4, -0.2) is 30.0 Å². The van der Waals surface area contributed by atoms with Crippen LogP contribution >= 0.6 is 15.9 Å². The van der Waals surface area contributed by atoms with Crippen LogP contribution in [0.25, 0.3) is 0 Å². The average molecular weight is 328 g/mol. The van der Waals surface area contributed by atoms with E-state index in [1.165, 1.54) is 6.07 Å². The van der Waals surface area contributed by atoms with E-state index in [2.05, 4.69) is 26.2 Å². The van der Waals surface area contributed by atoms with Gasteiger partial charge in [-0.2, -0.15) is 0 Å². The number of pyridine rings is 1. The standard InChI is InChI=1S/C13H15BrFN3O/c14-9-5-10(15)13(16-6-9)18-4-3-11-8(7-18)1-2-12(19)17-11/h5-6,8,11H,1-4,7H2,(H,17,19). The Hall–Kier alpha value is -1.17. The molecule has 2 aliphatic heterocycles. The third-order valence-electron chi connectivity index (χ3n) is 3.91. The zero-order chi connectivity index (χ0) is 13.4. The molecule has 2 atom stereocenters. The number of halogens is 2. The monoisotopic (exact) mass is 327 g/mol. The Labute approximate surface area is 119 Å². The second kappa shape index (κ2) is 5.07. The number of amides is 1. The maximum absolute atomic E-state index is 13.9. The molecular formula is C13H15BrFN3O. The molecule has 0 aromatic carbocycles. The van der Waals surface area contributed by atoms with Gasteiger partial charge in [0.2, 0.25) is 5.91 Å². The minimum Gasteiger partial charge on any atom is -0.354 e. The molecule has 2 fully saturated rings. The number of nitrogens with one attached hydrogen (secondary N) is 1. The number of nitrogens with zero attached hydrogens (tertiary/aromatic N) is 2. The molecule has 2 aliphatic rings. The summed E-state index contributed by atoms with van der Waals surface area (Å²) in [5.74, 6) is 0.658. The lowest BCUT2D eigenvalue weighted by atomic mass is 9.85. The van der Waals surface area contributed by atoms with Crippen molar-refractivity contribution in [2.24, 2.45) is 5.92 Å². The summed E-state index contributed by atoms with van der Waals surface area (Å²) >= 11 is 3.21. The van der Waals surface area contributed by atoms with E-state index in [4.69, 9.17) is 0 Å². The highest BCUT2D eigenvalue weighted by Gasteiger charge is 2.34. The summed E-state index contributed by atoms with van der Waals surface area (Å²) in [4.78, 5) is 17.5. The molecule has 19 heavy (non-hydrogen) atoms. The van der Waals surface area contributed by atoms with E-state index in [0.717, 1.165) is 25.9 Å². The molecule has 3 heterocycles. The molecule has 2 unspecified atom stereocenters. The molecule has 3 rings (SSSR count). The molecule has 0 spiro atoms. The molecule has 2 saturated heterocycles. The van der Waals surface area contributed by atoms with Gasteiger partial charge in [-0.15, -0.1) is 0 Å². The molecule has 0 radical (unpaired) electrons. The molecule has 6 heteroatoms. The van der Waals surface area contributed by atoms with Gasteiger partial charge in [0.05, 0.1) is 0 Å². The third-order valence-corrected chi connectivity index (χ3v) is 4.34. The predicted octanol–water partition coefficient (Wildman–Crippen LogP) is 2.09. The number of carbonyl (C=O) groups excluding carboxylic acids is 1. The van der Waals surface area contributed by atoms with Crippen LogP contribution in [0.2, 0.25) is 0 Å². The second-order valence-corrected chi connectivity index (χ2v) is 6.08. The highest BCUT2D eigenvalue weighted by molar-refractivity contribution is 9.10. The molecule has 0 saturated carbocycles. The summed E-state index contributed by atoms with van der Waals surface area (Å²) in [6, 6.07) is 1.69. The predicted molar refractivity (Wildman–Crippen MR) is 73.4 cm³/mol. The lowest BCUT2D eigenvalue weighted by Crippen LogP contribution is -2.54. The minimum absolute atomic E-state index is 0.141. The first kappa shape index (κ1) is 12.8. The Morgan fingerprint density at radius 1 is 1.47 bits per heavy atom. The number of aromatic nitrogens is 1. The normalized spacial score (nSPS) is 26.8. The first-order valence-electron chi connectivity index (χ1n) is 6.49. The fraction of sp³-hybridized carbons (Fsp3) is 0.538. The van der Waals surface area contributed by atoms with Crippen molar-refractivity contribution in [2.45, 2.75) is 25.3 Å². The van der Waals surface area contributed by atoms with E-state index in [-0.39, 0.29) is 17.8 Å². The van der Waals surface area contributed by atoms with Crippen LogP contribution in [0, 0.1) is 11.7 Å². The number of carbonyl (C=O) groups is 1. The van der Waals surface area contributed by atoms with Crippen LogP contribution in [0.4, 0.5) is 10.2 Å². The van der Waals surface area contributed by atoms with Gasteiger partial charge in [0.15, 0.2) is 11.6 Å². The number of hydrogen-bond donors (Lipinski definition) is 1. The number of rotatable bonds is 1. The van der Waals surface area contributed by atoms with Crippen molar-refractivity contribution < 1.29 is 9.18 Å². The summed E-state index contributed by atoms with van der Waals surface area (Å²) in [5, 5.41) is 3.03. The minimum atomic E-state index is -0.298. The van der Waals surface area contributed by atoms with Gasteiger partial charge in [-0.05, 0) is 40.8 Å². The smallest absolute Gasteiger partial charge is 0.220 e. The molecule has 1 aromatic rings. The first-order valence-corrected chi connectivity index (χ1v) is 7.28. The lowest BCUT2D eigenvalue weighted by molar-refractivity contribution is -0.124. The van der Waals surface area contributed by atoms with Crippen LogP contribution in [0.3, 0.4) is 0 Å². The van der Waals surface area contributed by atoms with Gasteiger partial charge >= 0.3 is 0 Å². The Kier molecular flexibility index (Phi) is 3.43. The van der Waals surface area contributed by atoms with Gasteiger partial charge in [0, 0.05) is 36.2 Å². The maximum atomic E-state index is 13.9. The fourth-order valence-corrected chi connectivity index (χ4v) is 3.25. The Bertz CT molecular complexity index is 511. The molecule has 1 aromatic heterocycles. The van der Waals surface area contributed by atoms with Crippen molar-refractivity contribution in [2.75, 3.05) is 18.0 Å². The van der Waals surface area contributed by atoms with Crippen molar-refractivity contribution in [1.29, 1.82) is 0 Å². The Morgan fingerprint density at radius 2 is 2.32 bits per heavy atom. The summed E-state index contributed by atoms with van der Waals surface area (Å²) in [6.45, 7) is 1.49. The summed E-state index contributed by atoms with van der Waals surface area (Å²) < 4.78 is 14.6. The molecule has 4 nitrogen and oxygen atoms in total. The quantitative estimate of drug-likeness (QED) is 0.859. The first-order chi connectivity index (χ1) is 9.13. The van der Waals surface area contributed by atoms with E-state index < -0.39 is 0 Å². The highest BCUT2D eigenvalue weighted by atomic mass is 79.9. The SMILES string of the molecule is O=C1CCC2CN(c3ncc(Br)cc3F)CCC2N1. The van der Waals surface area contributed by atoms with Crippen molar-refractivity contribution in [3.8, 4) is 0 Å². The van der Waals surface area contributed by atoms with Crippen LogP contribution in [0.5, 0.6) is 0 Å². The fourth-order valence-electron chi connectivity index (χ4n) is 2.94. The Balaban J connectivity index is 1.76. The van der Waals surface area contributed by atoms with Crippen LogP contribution < -0.4 is 10.2 Å². The number of piperidine rings is 2. The van der Waals surface area contributed by atoms with Crippen LogP contribution in [0.15, 0.2) is 16.7 Å².